The molecule has 13 heteroatoms. The number of hydrogen-bond donors (Lipinski definition) is 1. The fourth-order valence-corrected chi connectivity index (χ4v) is 5.34. The van der Waals surface area contributed by atoms with Crippen LogP contribution in [0.4, 0.5) is 25.4 Å². The molecule has 5 rings (SSSR count). The van der Waals surface area contributed by atoms with Crippen molar-refractivity contribution in [1.29, 1.82) is 0 Å². The highest BCUT2D eigenvalue weighted by Crippen LogP contribution is 2.39. The van der Waals surface area contributed by atoms with Crippen LogP contribution >= 0.6 is 11.3 Å². The Bertz CT molecular complexity index is 1730. The number of carbonyl (C=O) groups is 2. The number of pyridine rings is 1. The molecule has 11 nitrogen and oxygen atoms in total. The van der Waals surface area contributed by atoms with Gasteiger partial charge in [-0.1, -0.05) is 6.08 Å². The van der Waals surface area contributed by atoms with Crippen LogP contribution in [0.5, 0.6) is 17.2 Å². The lowest BCUT2D eigenvalue weighted by Gasteiger charge is -2.29. The topological polar surface area (TPSA) is 133 Å². The number of thiophene rings is 1. The van der Waals surface area contributed by atoms with Gasteiger partial charge >= 0.3 is 12.2 Å². The molecule has 1 aliphatic heterocycles. The van der Waals surface area contributed by atoms with E-state index in [1.807, 2.05) is 32.9 Å². The Hall–Kier alpha value is -5.04. The molecule has 2 aromatic heterocycles. The van der Waals surface area contributed by atoms with Crippen LogP contribution in [0.3, 0.4) is 0 Å². The van der Waals surface area contributed by atoms with Crippen LogP contribution in [-0.4, -0.2) is 45.7 Å². The van der Waals surface area contributed by atoms with E-state index >= 15 is 0 Å². The van der Waals surface area contributed by atoms with E-state index in [0.29, 0.717) is 30.8 Å². The maximum absolute atomic E-state index is 15.0. The molecule has 0 radical (unpaired) electrons. The number of nitrogens with zero attached hydrogens (tertiary/aromatic N) is 3. The molecule has 0 saturated heterocycles. The quantitative estimate of drug-likeness (QED) is 0.174. The fourth-order valence-electron chi connectivity index (χ4n) is 4.20. The Kier molecular flexibility index (Phi) is 8.26. The number of benzene rings is 2. The highest BCUT2D eigenvalue weighted by atomic mass is 32.1. The number of nitro groups is 1. The molecule has 222 valence electrons. The van der Waals surface area contributed by atoms with Gasteiger partial charge in [-0.15, -0.1) is 11.3 Å². The first-order valence-corrected chi connectivity index (χ1v) is 14.0. The second-order valence-corrected chi connectivity index (χ2v) is 11.6. The van der Waals surface area contributed by atoms with Gasteiger partial charge in [0, 0.05) is 54.1 Å². The molecule has 0 atom stereocenters. The number of hydrogen-bond acceptors (Lipinski definition) is 9. The summed E-state index contributed by atoms with van der Waals surface area (Å²) < 4.78 is 32.2. The van der Waals surface area contributed by atoms with Crippen LogP contribution in [0.25, 0.3) is 15.8 Å². The van der Waals surface area contributed by atoms with E-state index in [1.54, 1.807) is 17.2 Å². The predicted molar refractivity (Wildman–Crippen MR) is 159 cm³/mol. The smallest absolute Gasteiger partial charge is 0.417 e. The first-order chi connectivity index (χ1) is 20.4. The Morgan fingerprint density at radius 1 is 1.09 bits per heavy atom. The molecule has 0 bridgehead atoms. The molecule has 2 aromatic carbocycles. The number of rotatable bonds is 6. The maximum Gasteiger partial charge on any atom is 0.417 e. The third kappa shape index (κ3) is 7.25. The second-order valence-electron chi connectivity index (χ2n) is 10.6. The summed E-state index contributed by atoms with van der Waals surface area (Å²) in [6.07, 6.45) is 2.99. The third-order valence-corrected chi connectivity index (χ3v) is 7.42. The number of aromatic nitrogens is 1. The molecule has 43 heavy (non-hydrogen) atoms. The van der Waals surface area contributed by atoms with Crippen LogP contribution in [-0.2, 0) is 4.74 Å². The SMILES string of the molecule is CC(C)(C)OC(=O)N1CC=C(c2cc3nccc(Oc4ccc(NC(=O)Oc5ccc([N+](=O)[O-])cc5)cc4F)c3s2)CC1. The molecule has 3 heterocycles. The second kappa shape index (κ2) is 12.1. The number of anilines is 1. The summed E-state index contributed by atoms with van der Waals surface area (Å²) in [5.74, 6) is -0.260. The van der Waals surface area contributed by atoms with Crippen LogP contribution in [0, 0.1) is 15.9 Å². The molecular formula is C30H27FN4O7S. The number of fused-ring (bicyclic) bond motifs is 1. The zero-order valence-electron chi connectivity index (χ0n) is 23.5. The maximum atomic E-state index is 15.0. The summed E-state index contributed by atoms with van der Waals surface area (Å²) >= 11 is 1.47. The minimum atomic E-state index is -0.893. The van der Waals surface area contributed by atoms with E-state index in [4.69, 9.17) is 14.2 Å². The third-order valence-electron chi connectivity index (χ3n) is 6.21. The number of halogens is 1. The van der Waals surface area contributed by atoms with Crippen molar-refractivity contribution in [1.82, 2.24) is 9.88 Å². The van der Waals surface area contributed by atoms with Gasteiger partial charge < -0.3 is 19.1 Å². The fraction of sp³-hybridized carbons (Fsp3) is 0.233. The largest absolute Gasteiger partial charge is 0.453 e. The van der Waals surface area contributed by atoms with E-state index in [-0.39, 0.29) is 29.0 Å². The van der Waals surface area contributed by atoms with Crippen LogP contribution in [0.15, 0.2) is 66.9 Å². The van der Waals surface area contributed by atoms with Gasteiger partial charge in [0.05, 0.1) is 15.1 Å². The Labute approximate surface area is 249 Å². The highest BCUT2D eigenvalue weighted by molar-refractivity contribution is 7.20. The number of non-ortho nitro benzene ring substituents is 1. The summed E-state index contributed by atoms with van der Waals surface area (Å²) in [6.45, 7) is 6.46. The molecule has 0 fully saturated rings. The molecule has 1 N–H and O–H groups in total. The van der Waals surface area contributed by atoms with Gasteiger partial charge in [-0.25, -0.2) is 14.0 Å². The minimum absolute atomic E-state index is 0.0541. The molecule has 0 unspecified atom stereocenters. The lowest BCUT2D eigenvalue weighted by atomic mass is 10.1. The van der Waals surface area contributed by atoms with Crippen molar-refractivity contribution in [3.63, 3.8) is 0 Å². The van der Waals surface area contributed by atoms with Crippen molar-refractivity contribution < 1.29 is 33.1 Å². The predicted octanol–water partition coefficient (Wildman–Crippen LogP) is 7.77. The Morgan fingerprint density at radius 3 is 2.51 bits per heavy atom. The van der Waals surface area contributed by atoms with E-state index in [0.717, 1.165) is 21.2 Å². The molecule has 4 aromatic rings. The van der Waals surface area contributed by atoms with E-state index < -0.39 is 22.4 Å². The zero-order valence-corrected chi connectivity index (χ0v) is 24.3. The van der Waals surface area contributed by atoms with Crippen molar-refractivity contribution in [2.45, 2.75) is 32.8 Å². The number of carbonyl (C=O) groups excluding carboxylic acids is 2. The van der Waals surface area contributed by atoms with Crippen molar-refractivity contribution in [3.05, 3.63) is 87.7 Å². The normalized spacial score (nSPS) is 13.3. The molecule has 0 spiro atoms. The van der Waals surface area contributed by atoms with Gasteiger partial charge in [0.15, 0.2) is 11.6 Å². The molecule has 0 aliphatic carbocycles. The first-order valence-electron chi connectivity index (χ1n) is 13.2. The van der Waals surface area contributed by atoms with E-state index in [9.17, 15) is 24.1 Å². The van der Waals surface area contributed by atoms with Gasteiger partial charge in [-0.2, -0.15) is 0 Å². The van der Waals surface area contributed by atoms with Crippen molar-refractivity contribution in [2.24, 2.45) is 0 Å². The monoisotopic (exact) mass is 606 g/mol. The lowest BCUT2D eigenvalue weighted by Crippen LogP contribution is -2.39. The standard InChI is InChI=1S/C30H27FN4O7S/c1-30(2,3)42-29(37)34-14-11-18(12-15-34)26-17-23-27(43-26)25(10-13-32-23)41-24-9-4-19(16-22(24)31)33-28(36)40-21-7-5-20(6-8-21)35(38)39/h4-11,13,16-17H,12,14-15H2,1-3H3,(H,33,36). The summed E-state index contributed by atoms with van der Waals surface area (Å²) in [4.78, 5) is 41.9. The van der Waals surface area contributed by atoms with Gasteiger partial charge in [-0.3, -0.25) is 20.4 Å². The summed E-state index contributed by atoms with van der Waals surface area (Å²) in [7, 11) is 0. The average Bonchev–Trinajstić information content (AvgIpc) is 3.39. The number of nitrogens with one attached hydrogen (secondary N) is 1. The summed E-state index contributed by atoms with van der Waals surface area (Å²) in [6, 6.07) is 12.5. The molecular weight excluding hydrogens is 579 g/mol. The highest BCUT2D eigenvalue weighted by Gasteiger charge is 2.25. The van der Waals surface area contributed by atoms with Crippen molar-refractivity contribution >= 4 is 50.7 Å². The minimum Gasteiger partial charge on any atom is -0.453 e. The molecule has 1 aliphatic rings. The first kappa shape index (κ1) is 29.5. The van der Waals surface area contributed by atoms with Gasteiger partial charge in [-0.05, 0) is 63.1 Å². The number of amides is 2. The van der Waals surface area contributed by atoms with E-state index in [1.165, 1.54) is 47.7 Å². The number of ether oxygens (including phenoxy) is 3. The Morgan fingerprint density at radius 2 is 1.86 bits per heavy atom. The van der Waals surface area contributed by atoms with Gasteiger partial charge in [0.1, 0.15) is 17.1 Å². The van der Waals surface area contributed by atoms with Crippen LogP contribution in [0.2, 0.25) is 0 Å². The summed E-state index contributed by atoms with van der Waals surface area (Å²) in [5.41, 5.74) is 1.19. The molecule has 2 amide bonds. The lowest BCUT2D eigenvalue weighted by molar-refractivity contribution is -0.384. The van der Waals surface area contributed by atoms with Crippen LogP contribution < -0.4 is 14.8 Å². The molecule has 0 saturated carbocycles. The van der Waals surface area contributed by atoms with Gasteiger partial charge in [0.25, 0.3) is 5.69 Å². The van der Waals surface area contributed by atoms with Gasteiger partial charge in [0.2, 0.25) is 0 Å². The zero-order chi connectivity index (χ0) is 30.7. The average molecular weight is 607 g/mol. The van der Waals surface area contributed by atoms with E-state index in [2.05, 4.69) is 10.3 Å². The van der Waals surface area contributed by atoms with Crippen LogP contribution in [0.1, 0.15) is 32.1 Å². The van der Waals surface area contributed by atoms with Crippen molar-refractivity contribution in [2.75, 3.05) is 18.4 Å². The number of nitro benzene ring substituents is 1. The summed E-state index contributed by atoms with van der Waals surface area (Å²) in [5, 5.41) is 13.2. The van der Waals surface area contributed by atoms with Crippen molar-refractivity contribution in [3.8, 4) is 17.2 Å². The Balaban J connectivity index is 1.25.